The van der Waals surface area contributed by atoms with Gasteiger partial charge in [0.25, 0.3) is 0 Å². The Bertz CT molecular complexity index is 347. The van der Waals surface area contributed by atoms with Gasteiger partial charge in [0.15, 0.2) is 0 Å². The largest absolute Gasteiger partial charge is 0.496 e. The fourth-order valence-corrected chi connectivity index (χ4v) is 2.01. The summed E-state index contributed by atoms with van der Waals surface area (Å²) >= 11 is 0. The van der Waals surface area contributed by atoms with Crippen LogP contribution in [0, 0.1) is 12.8 Å². The van der Waals surface area contributed by atoms with Gasteiger partial charge in [-0.15, -0.1) is 0 Å². The molecule has 0 amide bonds. The average molecular weight is 206 g/mol. The van der Waals surface area contributed by atoms with Crippen molar-refractivity contribution in [3.8, 4) is 5.75 Å². The summed E-state index contributed by atoms with van der Waals surface area (Å²) in [6, 6.07) is 6.46. The van der Waals surface area contributed by atoms with Crippen LogP contribution in [0.15, 0.2) is 18.2 Å². The van der Waals surface area contributed by atoms with E-state index >= 15 is 0 Å². The summed E-state index contributed by atoms with van der Waals surface area (Å²) in [5, 5.41) is 0. The Morgan fingerprint density at radius 3 is 2.73 bits per heavy atom. The molecule has 2 rings (SSSR count). The SMILES string of the molecule is COc1ccc(C)cc1C(NN)C1CC1. The monoisotopic (exact) mass is 206 g/mol. The highest BCUT2D eigenvalue weighted by molar-refractivity contribution is 5.39. The molecule has 1 unspecified atom stereocenters. The van der Waals surface area contributed by atoms with Crippen molar-refractivity contribution in [2.45, 2.75) is 25.8 Å². The Morgan fingerprint density at radius 1 is 1.47 bits per heavy atom. The first-order chi connectivity index (χ1) is 7.26. The molecule has 15 heavy (non-hydrogen) atoms. The lowest BCUT2D eigenvalue weighted by Gasteiger charge is -2.19. The molecular formula is C12H18N2O. The van der Waals surface area contributed by atoms with Crippen molar-refractivity contribution in [1.82, 2.24) is 5.43 Å². The first kappa shape index (κ1) is 10.5. The van der Waals surface area contributed by atoms with Crippen LogP contribution in [0.25, 0.3) is 0 Å². The smallest absolute Gasteiger partial charge is 0.123 e. The third-order valence-corrected chi connectivity index (χ3v) is 2.99. The van der Waals surface area contributed by atoms with Crippen LogP contribution in [-0.2, 0) is 0 Å². The zero-order valence-corrected chi connectivity index (χ0v) is 9.29. The van der Waals surface area contributed by atoms with Crippen molar-refractivity contribution in [3.05, 3.63) is 29.3 Å². The summed E-state index contributed by atoms with van der Waals surface area (Å²) < 4.78 is 5.37. The van der Waals surface area contributed by atoms with Crippen LogP contribution >= 0.6 is 0 Å². The van der Waals surface area contributed by atoms with Crippen molar-refractivity contribution in [2.75, 3.05) is 7.11 Å². The fraction of sp³-hybridized carbons (Fsp3) is 0.500. The molecular weight excluding hydrogens is 188 g/mol. The summed E-state index contributed by atoms with van der Waals surface area (Å²) in [6.07, 6.45) is 2.51. The van der Waals surface area contributed by atoms with E-state index in [1.807, 2.05) is 6.07 Å². The van der Waals surface area contributed by atoms with Crippen molar-refractivity contribution in [2.24, 2.45) is 11.8 Å². The van der Waals surface area contributed by atoms with E-state index in [-0.39, 0.29) is 6.04 Å². The highest BCUT2D eigenvalue weighted by Crippen LogP contribution is 2.43. The molecule has 0 radical (unpaired) electrons. The molecule has 0 heterocycles. The van der Waals surface area contributed by atoms with E-state index in [4.69, 9.17) is 10.6 Å². The predicted octanol–water partition coefficient (Wildman–Crippen LogP) is 1.92. The zero-order valence-electron chi connectivity index (χ0n) is 9.29. The van der Waals surface area contributed by atoms with E-state index in [9.17, 15) is 0 Å². The molecule has 1 aromatic carbocycles. The molecule has 1 aliphatic carbocycles. The number of rotatable bonds is 4. The Balaban J connectivity index is 2.34. The maximum atomic E-state index is 5.61. The van der Waals surface area contributed by atoms with E-state index in [0.29, 0.717) is 5.92 Å². The van der Waals surface area contributed by atoms with Crippen molar-refractivity contribution < 1.29 is 4.74 Å². The van der Waals surface area contributed by atoms with Crippen molar-refractivity contribution >= 4 is 0 Å². The third kappa shape index (κ3) is 2.13. The number of methoxy groups -OCH3 is 1. The highest BCUT2D eigenvalue weighted by atomic mass is 16.5. The number of hydrogen-bond acceptors (Lipinski definition) is 3. The van der Waals surface area contributed by atoms with Crippen LogP contribution in [0.5, 0.6) is 5.75 Å². The molecule has 0 aromatic heterocycles. The normalized spacial score (nSPS) is 17.5. The minimum Gasteiger partial charge on any atom is -0.496 e. The Hall–Kier alpha value is -1.06. The standard InChI is InChI=1S/C12H18N2O/c1-8-3-6-11(15-2)10(7-8)12(14-13)9-4-5-9/h3,6-7,9,12,14H,4-5,13H2,1-2H3. The van der Waals surface area contributed by atoms with Gasteiger partial charge in [-0.2, -0.15) is 0 Å². The number of nitrogens with one attached hydrogen (secondary N) is 1. The lowest BCUT2D eigenvalue weighted by atomic mass is 10.00. The maximum absolute atomic E-state index is 5.61. The molecule has 1 aliphatic rings. The average Bonchev–Trinajstić information content (AvgIpc) is 3.04. The van der Waals surface area contributed by atoms with Gasteiger partial charge >= 0.3 is 0 Å². The molecule has 3 nitrogen and oxygen atoms in total. The van der Waals surface area contributed by atoms with Crippen molar-refractivity contribution in [3.63, 3.8) is 0 Å². The number of ether oxygens (including phenoxy) is 1. The van der Waals surface area contributed by atoms with Gasteiger partial charge in [0.2, 0.25) is 0 Å². The quantitative estimate of drug-likeness (QED) is 0.584. The van der Waals surface area contributed by atoms with Crippen molar-refractivity contribution in [1.29, 1.82) is 0 Å². The van der Waals surface area contributed by atoms with E-state index in [1.165, 1.54) is 24.0 Å². The molecule has 1 fully saturated rings. The summed E-state index contributed by atoms with van der Waals surface area (Å²) in [6.45, 7) is 2.09. The van der Waals surface area contributed by atoms with Crippen LogP contribution in [0.4, 0.5) is 0 Å². The third-order valence-electron chi connectivity index (χ3n) is 2.99. The summed E-state index contributed by atoms with van der Waals surface area (Å²) in [5.41, 5.74) is 5.33. The Kier molecular flexibility index (Phi) is 2.93. The predicted molar refractivity (Wildman–Crippen MR) is 60.5 cm³/mol. The maximum Gasteiger partial charge on any atom is 0.123 e. The molecule has 82 valence electrons. The first-order valence-corrected chi connectivity index (χ1v) is 5.37. The van der Waals surface area contributed by atoms with E-state index < -0.39 is 0 Å². The van der Waals surface area contributed by atoms with E-state index in [1.54, 1.807) is 7.11 Å². The minimum atomic E-state index is 0.236. The van der Waals surface area contributed by atoms with Crippen LogP contribution in [-0.4, -0.2) is 7.11 Å². The lowest BCUT2D eigenvalue weighted by molar-refractivity contribution is 0.392. The highest BCUT2D eigenvalue weighted by Gasteiger charge is 2.33. The van der Waals surface area contributed by atoms with Gasteiger partial charge in [0.1, 0.15) is 5.75 Å². The Morgan fingerprint density at radius 2 is 2.20 bits per heavy atom. The lowest BCUT2D eigenvalue weighted by Crippen LogP contribution is -2.29. The van der Waals surface area contributed by atoms with E-state index in [0.717, 1.165) is 5.75 Å². The van der Waals surface area contributed by atoms with Crippen LogP contribution in [0.1, 0.15) is 30.0 Å². The molecule has 0 saturated heterocycles. The summed E-state index contributed by atoms with van der Waals surface area (Å²) in [5.74, 6) is 7.21. The summed E-state index contributed by atoms with van der Waals surface area (Å²) in [4.78, 5) is 0. The van der Waals surface area contributed by atoms with Gasteiger partial charge in [-0.25, -0.2) is 0 Å². The zero-order chi connectivity index (χ0) is 10.8. The second-order valence-corrected chi connectivity index (χ2v) is 4.23. The second kappa shape index (κ2) is 4.21. The molecule has 0 aliphatic heterocycles. The number of hydrazine groups is 1. The molecule has 1 saturated carbocycles. The van der Waals surface area contributed by atoms with Crippen LogP contribution < -0.4 is 16.0 Å². The molecule has 1 aromatic rings. The van der Waals surface area contributed by atoms with Gasteiger partial charge in [-0.3, -0.25) is 11.3 Å². The topological polar surface area (TPSA) is 47.3 Å². The Labute approximate surface area is 90.6 Å². The van der Waals surface area contributed by atoms with Gasteiger partial charge in [0.05, 0.1) is 13.2 Å². The molecule has 0 spiro atoms. The summed E-state index contributed by atoms with van der Waals surface area (Å²) in [7, 11) is 1.70. The fourth-order valence-electron chi connectivity index (χ4n) is 2.01. The molecule has 1 atom stereocenters. The van der Waals surface area contributed by atoms with Crippen LogP contribution in [0.3, 0.4) is 0 Å². The first-order valence-electron chi connectivity index (χ1n) is 5.37. The van der Waals surface area contributed by atoms with Gasteiger partial charge in [0, 0.05) is 5.56 Å². The van der Waals surface area contributed by atoms with Gasteiger partial charge in [-0.1, -0.05) is 17.7 Å². The number of nitrogens with two attached hydrogens (primary N) is 1. The van der Waals surface area contributed by atoms with Gasteiger partial charge < -0.3 is 4.74 Å². The number of aryl methyl sites for hydroxylation is 1. The second-order valence-electron chi connectivity index (χ2n) is 4.23. The van der Waals surface area contributed by atoms with Crippen LogP contribution in [0.2, 0.25) is 0 Å². The van der Waals surface area contributed by atoms with E-state index in [2.05, 4.69) is 24.5 Å². The molecule has 3 heteroatoms. The number of benzene rings is 1. The molecule has 3 N–H and O–H groups in total. The van der Waals surface area contributed by atoms with Gasteiger partial charge in [-0.05, 0) is 31.7 Å². The minimum absolute atomic E-state index is 0.236. The number of hydrogen-bond donors (Lipinski definition) is 2. The molecule has 0 bridgehead atoms.